The van der Waals surface area contributed by atoms with E-state index < -0.39 is 9.84 Å². The second-order valence-electron chi connectivity index (χ2n) is 3.67. The molecular weight excluding hydrogens is 212 g/mol. The molecule has 0 heterocycles. The van der Waals surface area contributed by atoms with Gasteiger partial charge in [-0.3, -0.25) is 4.79 Å². The summed E-state index contributed by atoms with van der Waals surface area (Å²) in [5.41, 5.74) is 1.65. The van der Waals surface area contributed by atoms with Gasteiger partial charge in [0, 0.05) is 18.2 Å². The molecule has 15 heavy (non-hydrogen) atoms. The van der Waals surface area contributed by atoms with Gasteiger partial charge < -0.3 is 0 Å². The summed E-state index contributed by atoms with van der Waals surface area (Å²) < 4.78 is 21.7. The summed E-state index contributed by atoms with van der Waals surface area (Å²) in [6.45, 7) is 1.94. The quantitative estimate of drug-likeness (QED) is 0.733. The van der Waals surface area contributed by atoms with Crippen LogP contribution in [0.5, 0.6) is 0 Å². The van der Waals surface area contributed by atoms with Crippen molar-refractivity contribution >= 4 is 15.6 Å². The Morgan fingerprint density at radius 3 is 2.20 bits per heavy atom. The van der Waals surface area contributed by atoms with Crippen molar-refractivity contribution in [1.82, 2.24) is 0 Å². The first kappa shape index (κ1) is 11.9. The highest BCUT2D eigenvalue weighted by molar-refractivity contribution is 7.90. The fraction of sp³-hybridized carbons (Fsp3) is 0.364. The predicted molar refractivity (Wildman–Crippen MR) is 59.8 cm³/mol. The third-order valence-electron chi connectivity index (χ3n) is 2.07. The fourth-order valence-electron chi connectivity index (χ4n) is 1.16. The highest BCUT2D eigenvalue weighted by Gasteiger charge is 2.09. The van der Waals surface area contributed by atoms with Gasteiger partial charge in [-0.2, -0.15) is 0 Å². The second-order valence-corrected chi connectivity index (χ2v) is 5.93. The van der Waals surface area contributed by atoms with Crippen molar-refractivity contribution in [3.05, 3.63) is 35.4 Å². The number of carbonyl (C=O) groups excluding carboxylic acids is 1. The van der Waals surface area contributed by atoms with Crippen LogP contribution >= 0.6 is 0 Å². The summed E-state index contributed by atoms with van der Waals surface area (Å²) in [5, 5.41) is 0. The lowest BCUT2D eigenvalue weighted by Gasteiger charge is -2.00. The van der Waals surface area contributed by atoms with Crippen molar-refractivity contribution < 1.29 is 13.2 Å². The molecule has 82 valence electrons. The molecule has 1 rings (SSSR count). The van der Waals surface area contributed by atoms with E-state index in [0.29, 0.717) is 5.56 Å². The largest absolute Gasteiger partial charge is 0.294 e. The van der Waals surface area contributed by atoms with E-state index in [9.17, 15) is 13.2 Å². The Bertz CT molecular complexity index is 443. The molecule has 0 bridgehead atoms. The molecule has 0 aromatic heterocycles. The van der Waals surface area contributed by atoms with E-state index in [4.69, 9.17) is 0 Å². The maximum atomic E-state index is 11.5. The van der Waals surface area contributed by atoms with Crippen LogP contribution in [0.4, 0.5) is 0 Å². The van der Waals surface area contributed by atoms with E-state index in [-0.39, 0.29) is 18.0 Å². The maximum absolute atomic E-state index is 11.5. The molecule has 0 unspecified atom stereocenters. The van der Waals surface area contributed by atoms with Crippen LogP contribution in [0.1, 0.15) is 22.3 Å². The van der Waals surface area contributed by atoms with Gasteiger partial charge in [-0.15, -0.1) is 0 Å². The zero-order valence-electron chi connectivity index (χ0n) is 8.86. The van der Waals surface area contributed by atoms with E-state index >= 15 is 0 Å². The number of benzene rings is 1. The Morgan fingerprint density at radius 1 is 1.20 bits per heavy atom. The molecule has 3 nitrogen and oxygen atoms in total. The number of ketones is 1. The lowest BCUT2D eigenvalue weighted by molar-refractivity contribution is 0.0989. The smallest absolute Gasteiger partial charge is 0.163 e. The van der Waals surface area contributed by atoms with Crippen LogP contribution in [0.25, 0.3) is 0 Å². The van der Waals surface area contributed by atoms with Gasteiger partial charge in [0.1, 0.15) is 9.84 Å². The number of Topliss-reactive ketones (excluding diaryl/α,β-unsaturated/α-hetero) is 1. The SMILES string of the molecule is Cc1ccc(C(=O)CCS(C)(=O)=O)cc1. The first-order chi connectivity index (χ1) is 6.88. The predicted octanol–water partition coefficient (Wildman–Crippen LogP) is 1.61. The lowest BCUT2D eigenvalue weighted by Crippen LogP contribution is -2.09. The third-order valence-corrected chi connectivity index (χ3v) is 3.02. The summed E-state index contributed by atoms with van der Waals surface area (Å²) in [6, 6.07) is 7.13. The molecule has 0 saturated carbocycles. The van der Waals surface area contributed by atoms with Crippen LogP contribution in [0.3, 0.4) is 0 Å². The normalized spacial score (nSPS) is 11.3. The van der Waals surface area contributed by atoms with Gasteiger partial charge in [0.25, 0.3) is 0 Å². The second kappa shape index (κ2) is 4.57. The topological polar surface area (TPSA) is 51.2 Å². The first-order valence-electron chi connectivity index (χ1n) is 4.66. The Morgan fingerprint density at radius 2 is 1.73 bits per heavy atom. The Kier molecular flexibility index (Phi) is 3.63. The monoisotopic (exact) mass is 226 g/mol. The average molecular weight is 226 g/mol. The van der Waals surface area contributed by atoms with Crippen molar-refractivity contribution in [2.24, 2.45) is 0 Å². The molecule has 1 aromatic carbocycles. The molecule has 0 aliphatic rings. The van der Waals surface area contributed by atoms with Gasteiger partial charge >= 0.3 is 0 Å². The number of sulfone groups is 1. The van der Waals surface area contributed by atoms with Crippen molar-refractivity contribution in [1.29, 1.82) is 0 Å². The average Bonchev–Trinajstić information content (AvgIpc) is 2.14. The summed E-state index contributed by atoms with van der Waals surface area (Å²) in [7, 11) is -3.06. The minimum absolute atomic E-state index is 0.0574. The summed E-state index contributed by atoms with van der Waals surface area (Å²) in [4.78, 5) is 11.5. The lowest BCUT2D eigenvalue weighted by atomic mass is 10.1. The number of hydrogen-bond acceptors (Lipinski definition) is 3. The van der Waals surface area contributed by atoms with E-state index in [1.165, 1.54) is 0 Å². The number of rotatable bonds is 4. The van der Waals surface area contributed by atoms with Crippen molar-refractivity contribution in [2.75, 3.05) is 12.0 Å². The van der Waals surface area contributed by atoms with Gasteiger partial charge in [-0.1, -0.05) is 29.8 Å². The van der Waals surface area contributed by atoms with Gasteiger partial charge in [-0.25, -0.2) is 8.42 Å². The van der Waals surface area contributed by atoms with Crippen molar-refractivity contribution in [2.45, 2.75) is 13.3 Å². The fourth-order valence-corrected chi connectivity index (χ4v) is 1.72. The molecule has 0 atom stereocenters. The number of carbonyl (C=O) groups is 1. The van der Waals surface area contributed by atoms with Crippen LogP contribution in [0, 0.1) is 6.92 Å². The summed E-state index contributed by atoms with van der Waals surface area (Å²) >= 11 is 0. The van der Waals surface area contributed by atoms with Crippen LogP contribution < -0.4 is 0 Å². The molecule has 0 aliphatic carbocycles. The van der Waals surface area contributed by atoms with Crippen molar-refractivity contribution in [3.8, 4) is 0 Å². The van der Waals surface area contributed by atoms with Crippen molar-refractivity contribution in [3.63, 3.8) is 0 Å². The third kappa shape index (κ3) is 4.25. The first-order valence-corrected chi connectivity index (χ1v) is 6.72. The molecule has 1 aromatic rings. The zero-order valence-corrected chi connectivity index (χ0v) is 9.67. The Labute approximate surface area is 90.0 Å². The zero-order chi connectivity index (χ0) is 11.5. The van der Waals surface area contributed by atoms with Gasteiger partial charge in [0.2, 0.25) is 0 Å². The molecule has 0 amide bonds. The minimum atomic E-state index is -3.06. The number of aryl methyl sites for hydroxylation is 1. The van der Waals surface area contributed by atoms with Crippen LogP contribution in [0.2, 0.25) is 0 Å². The number of hydrogen-bond donors (Lipinski definition) is 0. The highest BCUT2D eigenvalue weighted by Crippen LogP contribution is 2.06. The molecule has 0 spiro atoms. The molecule has 4 heteroatoms. The highest BCUT2D eigenvalue weighted by atomic mass is 32.2. The molecule has 0 fully saturated rings. The molecule has 0 aliphatic heterocycles. The van der Waals surface area contributed by atoms with Gasteiger partial charge in [0.15, 0.2) is 5.78 Å². The van der Waals surface area contributed by atoms with E-state index in [2.05, 4.69) is 0 Å². The molecule has 0 radical (unpaired) electrons. The summed E-state index contributed by atoms with van der Waals surface area (Å²) in [5.74, 6) is -0.208. The van der Waals surface area contributed by atoms with Gasteiger partial charge in [-0.05, 0) is 6.92 Å². The van der Waals surface area contributed by atoms with E-state index in [1.807, 2.05) is 19.1 Å². The maximum Gasteiger partial charge on any atom is 0.163 e. The van der Waals surface area contributed by atoms with Crippen LogP contribution in [0.15, 0.2) is 24.3 Å². The molecule has 0 saturated heterocycles. The van der Waals surface area contributed by atoms with Gasteiger partial charge in [0.05, 0.1) is 5.75 Å². The summed E-state index contributed by atoms with van der Waals surface area (Å²) in [6.07, 6.45) is 1.19. The van der Waals surface area contributed by atoms with E-state index in [1.54, 1.807) is 12.1 Å². The molecular formula is C11H14O3S. The van der Waals surface area contributed by atoms with Crippen LogP contribution in [-0.2, 0) is 9.84 Å². The Balaban J connectivity index is 2.66. The van der Waals surface area contributed by atoms with Crippen LogP contribution in [-0.4, -0.2) is 26.2 Å². The molecule has 0 N–H and O–H groups in total. The van der Waals surface area contributed by atoms with E-state index in [0.717, 1.165) is 11.8 Å². The Hall–Kier alpha value is -1.16. The minimum Gasteiger partial charge on any atom is -0.294 e. The standard InChI is InChI=1S/C11H14O3S/c1-9-3-5-10(6-4-9)11(12)7-8-15(2,13)14/h3-6H,7-8H2,1-2H3.